The highest BCUT2D eigenvalue weighted by Crippen LogP contribution is 2.41. The van der Waals surface area contributed by atoms with Gasteiger partial charge in [-0.25, -0.2) is 0 Å². The number of piperidine rings is 1. The fourth-order valence-corrected chi connectivity index (χ4v) is 4.35. The predicted octanol–water partition coefficient (Wildman–Crippen LogP) is 4.04. The van der Waals surface area contributed by atoms with Gasteiger partial charge in [0.1, 0.15) is 11.1 Å². The van der Waals surface area contributed by atoms with Crippen LogP contribution in [0.2, 0.25) is 5.02 Å². The summed E-state index contributed by atoms with van der Waals surface area (Å²) in [6.45, 7) is 2.50. The average molecular weight is 477 g/mol. The summed E-state index contributed by atoms with van der Waals surface area (Å²) < 4.78 is 37.9. The Morgan fingerprint density at radius 3 is 2.74 bits per heavy atom. The Bertz CT molecular complexity index is 962. The number of carbonyl (C=O) groups is 1. The third-order valence-corrected chi connectivity index (χ3v) is 5.91. The Morgan fingerprint density at radius 1 is 1.35 bits per heavy atom. The molecule has 1 aromatic carbocycles. The lowest BCUT2D eigenvalue weighted by Crippen LogP contribution is -2.54. The van der Waals surface area contributed by atoms with Crippen molar-refractivity contribution in [2.75, 3.05) is 18.4 Å². The maximum absolute atomic E-state index is 13.6. The van der Waals surface area contributed by atoms with Crippen LogP contribution >= 0.6 is 24.0 Å². The van der Waals surface area contributed by atoms with E-state index in [-0.39, 0.29) is 34.8 Å². The number of amides is 1. The molecule has 0 bridgehead atoms. The summed E-state index contributed by atoms with van der Waals surface area (Å²) in [5.41, 5.74) is 0.347. The largest absolute Gasteiger partial charge is 0.433 e. The molecule has 0 saturated carbocycles. The van der Waals surface area contributed by atoms with E-state index in [2.05, 4.69) is 20.5 Å². The summed E-state index contributed by atoms with van der Waals surface area (Å²) in [5.74, 6) is -0.539. The van der Waals surface area contributed by atoms with E-state index in [0.29, 0.717) is 32.5 Å². The van der Waals surface area contributed by atoms with Crippen LogP contribution in [0.1, 0.15) is 37.9 Å². The normalized spacial score (nSPS) is 18.9. The number of nitrogens with zero attached hydrogens (tertiary/aromatic N) is 2. The van der Waals surface area contributed by atoms with Gasteiger partial charge in [-0.2, -0.15) is 13.9 Å². The number of carbonyl (C=O) groups excluding carboxylic acids is 1. The number of rotatable bonds is 5. The number of hydrogen-bond donors (Lipinski definition) is 2. The number of hydrogen-bond acceptors (Lipinski definition) is 5. The number of fused-ring (bicyclic) bond motifs is 1. The Kier molecular flexibility index (Phi) is 6.81. The molecule has 1 fully saturated rings. The van der Waals surface area contributed by atoms with Crippen molar-refractivity contribution >= 4 is 35.6 Å². The van der Waals surface area contributed by atoms with E-state index in [0.717, 1.165) is 11.3 Å². The van der Waals surface area contributed by atoms with Crippen LogP contribution in [0.15, 0.2) is 24.4 Å². The van der Waals surface area contributed by atoms with Gasteiger partial charge in [0.15, 0.2) is 5.75 Å². The predicted molar refractivity (Wildman–Crippen MR) is 114 cm³/mol. The van der Waals surface area contributed by atoms with Crippen LogP contribution < -0.4 is 15.4 Å². The first-order valence-corrected chi connectivity index (χ1v) is 10.1. The molecule has 2 aromatic rings. The number of ether oxygens (including phenoxy) is 2. The third-order valence-electron chi connectivity index (χ3n) is 5.67. The quantitative estimate of drug-likeness (QED) is 0.680. The molecule has 170 valence electrons. The smallest absolute Gasteiger partial charge is 0.387 e. The van der Waals surface area contributed by atoms with E-state index >= 15 is 0 Å². The Balaban J connectivity index is 0.00000272. The Hall–Kier alpha value is -1.94. The summed E-state index contributed by atoms with van der Waals surface area (Å²) in [4.78, 5) is 13.6. The second kappa shape index (κ2) is 8.90. The second-order valence-corrected chi connectivity index (χ2v) is 8.42. The van der Waals surface area contributed by atoms with Gasteiger partial charge < -0.3 is 20.1 Å². The van der Waals surface area contributed by atoms with E-state index in [1.807, 2.05) is 13.8 Å². The molecule has 4 rings (SSSR count). The molecule has 0 unspecified atom stereocenters. The Labute approximate surface area is 189 Å². The summed E-state index contributed by atoms with van der Waals surface area (Å²) in [6, 6.07) is 4.21. The maximum Gasteiger partial charge on any atom is 0.387 e. The van der Waals surface area contributed by atoms with Gasteiger partial charge in [0.25, 0.3) is 5.91 Å². The molecular weight excluding hydrogens is 453 g/mol. The van der Waals surface area contributed by atoms with Crippen LogP contribution in [-0.2, 0) is 27.3 Å². The second-order valence-electron chi connectivity index (χ2n) is 7.98. The highest BCUT2D eigenvalue weighted by molar-refractivity contribution is 6.30. The van der Waals surface area contributed by atoms with Gasteiger partial charge in [0.2, 0.25) is 0 Å². The monoisotopic (exact) mass is 476 g/mol. The summed E-state index contributed by atoms with van der Waals surface area (Å²) in [5, 5.41) is 10.8. The molecule has 31 heavy (non-hydrogen) atoms. The number of alkyl halides is 2. The van der Waals surface area contributed by atoms with Crippen LogP contribution in [0.4, 0.5) is 14.5 Å². The first-order valence-electron chi connectivity index (χ1n) is 9.71. The highest BCUT2D eigenvalue weighted by Gasteiger charge is 2.48. The van der Waals surface area contributed by atoms with Crippen LogP contribution in [0.3, 0.4) is 0 Å². The van der Waals surface area contributed by atoms with Gasteiger partial charge in [0.05, 0.1) is 24.2 Å². The van der Waals surface area contributed by atoms with Crippen molar-refractivity contribution in [3.63, 3.8) is 0 Å². The van der Waals surface area contributed by atoms with Gasteiger partial charge in [0, 0.05) is 16.7 Å². The highest BCUT2D eigenvalue weighted by atomic mass is 35.5. The Morgan fingerprint density at radius 2 is 2.06 bits per heavy atom. The van der Waals surface area contributed by atoms with Crippen molar-refractivity contribution in [1.82, 2.24) is 15.1 Å². The number of nitrogens with one attached hydrogen (secondary N) is 2. The molecule has 2 aliphatic rings. The van der Waals surface area contributed by atoms with Crippen LogP contribution in [0, 0.1) is 0 Å². The number of aromatic nitrogens is 2. The molecule has 1 amide bonds. The lowest BCUT2D eigenvalue weighted by Gasteiger charge is -2.39. The molecule has 2 N–H and O–H groups in total. The molecule has 3 heterocycles. The molecule has 7 nitrogen and oxygen atoms in total. The van der Waals surface area contributed by atoms with E-state index < -0.39 is 17.8 Å². The third kappa shape index (κ3) is 4.37. The van der Waals surface area contributed by atoms with Gasteiger partial charge in [-0.05, 0) is 51.9 Å². The fraction of sp³-hybridized carbons (Fsp3) is 0.500. The minimum atomic E-state index is -3.04. The van der Waals surface area contributed by atoms with Crippen LogP contribution in [0.5, 0.6) is 5.75 Å². The molecular formula is C20H24Cl2F2N4O3. The van der Waals surface area contributed by atoms with Crippen molar-refractivity contribution in [2.45, 2.75) is 51.0 Å². The first kappa shape index (κ1) is 23.7. The first-order chi connectivity index (χ1) is 14.2. The van der Waals surface area contributed by atoms with Crippen LogP contribution in [0.25, 0.3) is 0 Å². The van der Waals surface area contributed by atoms with Gasteiger partial charge in [-0.15, -0.1) is 12.4 Å². The lowest BCUT2D eigenvalue weighted by molar-refractivity contribution is -0.127. The van der Waals surface area contributed by atoms with Crippen molar-refractivity contribution in [3.05, 3.63) is 40.7 Å². The SMILES string of the molecule is CC1(C)OCc2cnn(C3(C(=O)Nc4ccc(Cl)cc4OC(F)F)CCNCC3)c21.Cl. The molecule has 11 heteroatoms. The molecule has 0 atom stereocenters. The summed E-state index contributed by atoms with van der Waals surface area (Å²) >= 11 is 5.92. The fourth-order valence-electron chi connectivity index (χ4n) is 4.19. The molecule has 0 aliphatic carbocycles. The minimum absolute atomic E-state index is 0. The average Bonchev–Trinajstić information content (AvgIpc) is 3.25. The minimum Gasteiger partial charge on any atom is -0.433 e. The number of anilines is 1. The van der Waals surface area contributed by atoms with E-state index in [9.17, 15) is 13.6 Å². The molecule has 1 saturated heterocycles. The zero-order chi connectivity index (χ0) is 21.5. The van der Waals surface area contributed by atoms with E-state index in [4.69, 9.17) is 16.3 Å². The van der Waals surface area contributed by atoms with E-state index in [1.165, 1.54) is 18.2 Å². The van der Waals surface area contributed by atoms with Gasteiger partial charge >= 0.3 is 6.61 Å². The van der Waals surface area contributed by atoms with Crippen molar-refractivity contribution in [2.24, 2.45) is 0 Å². The van der Waals surface area contributed by atoms with Crippen LogP contribution in [-0.4, -0.2) is 35.4 Å². The summed E-state index contributed by atoms with van der Waals surface area (Å²) in [6.07, 6.45) is 2.71. The van der Waals surface area contributed by atoms with Crippen molar-refractivity contribution in [3.8, 4) is 5.75 Å². The lowest BCUT2D eigenvalue weighted by atomic mass is 9.86. The van der Waals surface area contributed by atoms with E-state index in [1.54, 1.807) is 10.9 Å². The summed E-state index contributed by atoms with van der Waals surface area (Å²) in [7, 11) is 0. The van der Waals surface area contributed by atoms with Crippen molar-refractivity contribution < 1.29 is 23.0 Å². The zero-order valence-electron chi connectivity index (χ0n) is 17.1. The van der Waals surface area contributed by atoms with Gasteiger partial charge in [-0.3, -0.25) is 9.48 Å². The molecule has 1 aromatic heterocycles. The molecule has 2 aliphatic heterocycles. The maximum atomic E-state index is 13.6. The number of halogens is 4. The zero-order valence-corrected chi connectivity index (χ0v) is 18.7. The standard InChI is InChI=1S/C20H23ClF2N4O3.ClH/c1-19(2)16-12(11-29-19)10-25-27(16)20(5-7-24-8-6-20)17(28)26-14-4-3-13(21)9-15(14)30-18(22)23;/h3-4,9-10,18,24H,5-8,11H2,1-2H3,(H,26,28);1H. The number of benzene rings is 1. The van der Waals surface area contributed by atoms with Crippen molar-refractivity contribution in [1.29, 1.82) is 0 Å². The topological polar surface area (TPSA) is 77.4 Å². The van der Waals surface area contributed by atoms with Gasteiger partial charge in [-0.1, -0.05) is 11.6 Å². The molecule has 0 radical (unpaired) electrons. The molecule has 0 spiro atoms.